The molecule has 2 heterocycles. The lowest BCUT2D eigenvalue weighted by Gasteiger charge is -2.33. The van der Waals surface area contributed by atoms with E-state index in [0.29, 0.717) is 26.2 Å². The summed E-state index contributed by atoms with van der Waals surface area (Å²) in [7, 11) is -3.18. The van der Waals surface area contributed by atoms with Gasteiger partial charge in [0, 0.05) is 37.8 Å². The minimum absolute atomic E-state index is 0.0105. The number of amides is 1. The van der Waals surface area contributed by atoms with Gasteiger partial charge in [-0.15, -0.1) is 0 Å². The number of carbonyl (C=O) groups excluding carboxylic acids is 1. The van der Waals surface area contributed by atoms with Crippen molar-refractivity contribution in [1.82, 2.24) is 14.2 Å². The molecule has 6 nitrogen and oxygen atoms in total. The van der Waals surface area contributed by atoms with Crippen LogP contribution in [-0.4, -0.2) is 60.9 Å². The molecule has 0 N–H and O–H groups in total. The van der Waals surface area contributed by atoms with Crippen LogP contribution >= 0.6 is 0 Å². The molecular weight excluding hydrogens is 314 g/mol. The topological polar surface area (TPSA) is 70.6 Å². The molecule has 0 aliphatic carbocycles. The Morgan fingerprint density at radius 1 is 1.13 bits per heavy atom. The Balaban J connectivity index is 1.70. The van der Waals surface area contributed by atoms with Crippen molar-refractivity contribution in [2.24, 2.45) is 0 Å². The van der Waals surface area contributed by atoms with Gasteiger partial charge in [-0.3, -0.25) is 9.78 Å². The second kappa shape index (κ2) is 6.25. The van der Waals surface area contributed by atoms with Gasteiger partial charge in [-0.2, -0.15) is 4.31 Å². The van der Waals surface area contributed by atoms with Gasteiger partial charge in [-0.25, -0.2) is 8.42 Å². The highest BCUT2D eigenvalue weighted by Crippen LogP contribution is 2.17. The molecule has 0 unspecified atom stereocenters. The molecule has 2 aromatic rings. The van der Waals surface area contributed by atoms with E-state index in [9.17, 15) is 13.2 Å². The summed E-state index contributed by atoms with van der Waals surface area (Å²) in [5.41, 5.74) is 1.75. The maximum Gasteiger partial charge on any atom is 0.227 e. The van der Waals surface area contributed by atoms with Gasteiger partial charge in [-0.05, 0) is 11.6 Å². The van der Waals surface area contributed by atoms with Gasteiger partial charge in [0.25, 0.3) is 0 Å². The molecule has 3 rings (SSSR count). The lowest BCUT2D eigenvalue weighted by Crippen LogP contribution is -2.50. The van der Waals surface area contributed by atoms with Gasteiger partial charge in [0.15, 0.2) is 0 Å². The lowest BCUT2D eigenvalue weighted by molar-refractivity contribution is -0.131. The van der Waals surface area contributed by atoms with Gasteiger partial charge in [0.2, 0.25) is 15.9 Å². The van der Waals surface area contributed by atoms with Crippen LogP contribution in [0, 0.1) is 0 Å². The minimum atomic E-state index is -3.18. The molecule has 1 saturated heterocycles. The minimum Gasteiger partial charge on any atom is -0.340 e. The summed E-state index contributed by atoms with van der Waals surface area (Å²) in [5.74, 6) is 0.0105. The van der Waals surface area contributed by atoms with Crippen LogP contribution in [0.15, 0.2) is 36.5 Å². The molecule has 0 bridgehead atoms. The van der Waals surface area contributed by atoms with E-state index < -0.39 is 10.0 Å². The van der Waals surface area contributed by atoms with E-state index >= 15 is 0 Å². The number of nitrogens with zero attached hydrogens (tertiary/aromatic N) is 3. The number of benzene rings is 1. The van der Waals surface area contributed by atoms with Gasteiger partial charge in [0.1, 0.15) is 0 Å². The molecule has 1 aliphatic rings. The number of rotatable bonds is 3. The molecule has 0 atom stereocenters. The number of hydrogen-bond donors (Lipinski definition) is 0. The number of pyridine rings is 1. The average Bonchev–Trinajstić information content (AvgIpc) is 2.54. The van der Waals surface area contributed by atoms with E-state index in [-0.39, 0.29) is 12.3 Å². The Morgan fingerprint density at radius 2 is 1.83 bits per heavy atom. The van der Waals surface area contributed by atoms with E-state index in [1.807, 2.05) is 30.3 Å². The Bertz CT molecular complexity index is 822. The summed E-state index contributed by atoms with van der Waals surface area (Å²) < 4.78 is 24.4. The molecule has 1 fully saturated rings. The second-order valence-electron chi connectivity index (χ2n) is 5.71. The van der Waals surface area contributed by atoms with Crippen LogP contribution < -0.4 is 0 Å². The first-order valence-corrected chi connectivity index (χ1v) is 9.35. The zero-order chi connectivity index (χ0) is 16.4. The van der Waals surface area contributed by atoms with E-state index in [2.05, 4.69) is 4.98 Å². The van der Waals surface area contributed by atoms with Crippen molar-refractivity contribution in [1.29, 1.82) is 0 Å². The maximum absolute atomic E-state index is 12.5. The van der Waals surface area contributed by atoms with Crippen LogP contribution in [0.4, 0.5) is 0 Å². The van der Waals surface area contributed by atoms with Crippen LogP contribution in [0.3, 0.4) is 0 Å². The quantitative estimate of drug-likeness (QED) is 0.836. The zero-order valence-corrected chi connectivity index (χ0v) is 13.8. The van der Waals surface area contributed by atoms with Crippen LogP contribution in [0.1, 0.15) is 5.56 Å². The maximum atomic E-state index is 12.5. The highest BCUT2D eigenvalue weighted by Gasteiger charge is 2.26. The van der Waals surface area contributed by atoms with Gasteiger partial charge in [0.05, 0.1) is 18.2 Å². The number of piperazine rings is 1. The molecule has 0 spiro atoms. The smallest absolute Gasteiger partial charge is 0.227 e. The molecule has 122 valence electrons. The Morgan fingerprint density at radius 3 is 2.52 bits per heavy atom. The summed E-state index contributed by atoms with van der Waals surface area (Å²) >= 11 is 0. The van der Waals surface area contributed by atoms with Crippen molar-refractivity contribution in [3.05, 3.63) is 42.1 Å². The fourth-order valence-electron chi connectivity index (χ4n) is 2.85. The molecule has 0 radical (unpaired) electrons. The highest BCUT2D eigenvalue weighted by atomic mass is 32.2. The SMILES string of the molecule is CS(=O)(=O)N1CCN(C(=O)Cc2cccc3cccnc23)CC1. The molecular formula is C16H19N3O3S. The predicted octanol–water partition coefficient (Wildman–Crippen LogP) is 0.881. The number of hydrogen-bond acceptors (Lipinski definition) is 4. The normalized spacial score (nSPS) is 16.7. The molecule has 1 aromatic heterocycles. The van der Waals surface area contributed by atoms with Crippen molar-refractivity contribution in [3.8, 4) is 0 Å². The van der Waals surface area contributed by atoms with Crippen LogP contribution in [0.25, 0.3) is 10.9 Å². The number of para-hydroxylation sites is 1. The third-order valence-corrected chi connectivity index (χ3v) is 5.42. The number of carbonyl (C=O) groups is 1. The second-order valence-corrected chi connectivity index (χ2v) is 7.69. The summed E-state index contributed by atoms with van der Waals surface area (Å²) in [6, 6.07) is 9.66. The van der Waals surface area contributed by atoms with Crippen LogP contribution in [0.2, 0.25) is 0 Å². The van der Waals surface area contributed by atoms with E-state index in [4.69, 9.17) is 0 Å². The molecule has 1 aromatic carbocycles. The zero-order valence-electron chi connectivity index (χ0n) is 13.0. The third kappa shape index (κ3) is 3.51. The fourth-order valence-corrected chi connectivity index (χ4v) is 3.68. The van der Waals surface area contributed by atoms with Crippen LogP contribution in [-0.2, 0) is 21.2 Å². The number of aromatic nitrogens is 1. The van der Waals surface area contributed by atoms with Gasteiger partial charge < -0.3 is 4.90 Å². The third-order valence-electron chi connectivity index (χ3n) is 4.12. The molecule has 7 heteroatoms. The van der Waals surface area contributed by atoms with Crippen molar-refractivity contribution in [2.75, 3.05) is 32.4 Å². The Labute approximate surface area is 135 Å². The van der Waals surface area contributed by atoms with E-state index in [1.54, 1.807) is 11.1 Å². The molecule has 1 amide bonds. The average molecular weight is 333 g/mol. The van der Waals surface area contributed by atoms with Crippen molar-refractivity contribution in [2.45, 2.75) is 6.42 Å². The molecule has 23 heavy (non-hydrogen) atoms. The molecule has 0 saturated carbocycles. The van der Waals surface area contributed by atoms with Crippen molar-refractivity contribution in [3.63, 3.8) is 0 Å². The van der Waals surface area contributed by atoms with Crippen molar-refractivity contribution < 1.29 is 13.2 Å². The highest BCUT2D eigenvalue weighted by molar-refractivity contribution is 7.88. The summed E-state index contributed by atoms with van der Waals surface area (Å²) in [6.07, 6.45) is 3.21. The van der Waals surface area contributed by atoms with Crippen molar-refractivity contribution >= 4 is 26.8 Å². The standard InChI is InChI=1S/C16H19N3O3S/c1-23(21,22)19-10-8-18(9-11-19)15(20)12-14-5-2-4-13-6-3-7-17-16(13)14/h2-7H,8-12H2,1H3. The summed E-state index contributed by atoms with van der Waals surface area (Å²) in [4.78, 5) is 18.6. The monoisotopic (exact) mass is 333 g/mol. The first-order chi connectivity index (χ1) is 10.9. The van der Waals surface area contributed by atoms with Gasteiger partial charge >= 0.3 is 0 Å². The number of fused-ring (bicyclic) bond motifs is 1. The number of sulfonamides is 1. The fraction of sp³-hybridized carbons (Fsp3) is 0.375. The van der Waals surface area contributed by atoms with E-state index in [1.165, 1.54) is 10.6 Å². The van der Waals surface area contributed by atoms with Crippen LogP contribution in [0.5, 0.6) is 0 Å². The largest absolute Gasteiger partial charge is 0.340 e. The lowest BCUT2D eigenvalue weighted by atomic mass is 10.1. The summed E-state index contributed by atoms with van der Waals surface area (Å²) in [5, 5.41) is 1.01. The molecule has 1 aliphatic heterocycles. The first kappa shape index (κ1) is 15.9. The van der Waals surface area contributed by atoms with Gasteiger partial charge in [-0.1, -0.05) is 24.3 Å². The van der Waals surface area contributed by atoms with E-state index in [0.717, 1.165) is 16.5 Å². The Hall–Kier alpha value is -1.99. The Kier molecular flexibility index (Phi) is 4.32. The predicted molar refractivity (Wildman–Crippen MR) is 88.4 cm³/mol. The first-order valence-electron chi connectivity index (χ1n) is 7.51. The summed E-state index contributed by atoms with van der Waals surface area (Å²) in [6.45, 7) is 1.59.